The van der Waals surface area contributed by atoms with E-state index in [0.29, 0.717) is 24.2 Å². The Morgan fingerprint density at radius 3 is 2.49 bits per heavy atom. The third kappa shape index (κ3) is 7.73. The standard InChI is InChI=1S/C30H49N5/c1-6-12-28(24(3)27-15-8-7-13-23(27)2)29(31)22-33-25(16-17-26-14-11-18-34(26)5)21-30(32-4)35-19-9-10-20-35/h21,26-27,31H,2,4,6-20,22H2,1,3,5H3/b28-24+,30-21+,31-29?,33-25-/t26?,27-/m0/s1. The average Bonchev–Trinajstić information content (AvgIpc) is 3.54. The second kappa shape index (κ2) is 13.9. The van der Waals surface area contributed by atoms with Crippen LogP contribution in [0.5, 0.6) is 0 Å². The first-order valence-electron chi connectivity index (χ1n) is 14.1. The Hall–Kier alpha value is -2.01. The van der Waals surface area contributed by atoms with E-state index in [2.05, 4.69) is 55.1 Å². The van der Waals surface area contributed by atoms with Gasteiger partial charge in [-0.25, -0.2) is 4.99 Å². The molecule has 194 valence electrons. The molecule has 1 saturated carbocycles. The largest absolute Gasteiger partial charge is 0.357 e. The summed E-state index contributed by atoms with van der Waals surface area (Å²) in [6, 6.07) is 0.634. The zero-order valence-corrected chi connectivity index (χ0v) is 22.7. The number of aliphatic imine (C=N–C) groups is 2. The fourth-order valence-corrected chi connectivity index (χ4v) is 6.11. The zero-order chi connectivity index (χ0) is 25.2. The van der Waals surface area contributed by atoms with Crippen LogP contribution in [0.2, 0.25) is 0 Å². The molecule has 3 fully saturated rings. The van der Waals surface area contributed by atoms with Crippen molar-refractivity contribution in [1.29, 1.82) is 5.41 Å². The molecule has 0 spiro atoms. The number of likely N-dealkylation sites (tertiary alicyclic amines) is 2. The third-order valence-corrected chi connectivity index (χ3v) is 8.33. The number of hydrogen-bond donors (Lipinski definition) is 1. The van der Waals surface area contributed by atoms with Gasteiger partial charge in [0, 0.05) is 36.8 Å². The van der Waals surface area contributed by atoms with Crippen LogP contribution >= 0.6 is 0 Å². The Bertz CT molecular complexity index is 843. The van der Waals surface area contributed by atoms with Crippen molar-refractivity contribution in [3.63, 3.8) is 0 Å². The summed E-state index contributed by atoms with van der Waals surface area (Å²) in [6.07, 6.45) is 16.0. The number of nitrogens with zero attached hydrogens (tertiary/aromatic N) is 4. The van der Waals surface area contributed by atoms with E-state index < -0.39 is 0 Å². The van der Waals surface area contributed by atoms with Crippen molar-refractivity contribution in [3.8, 4) is 0 Å². The van der Waals surface area contributed by atoms with Crippen LogP contribution in [0.15, 0.2) is 45.2 Å². The quantitative estimate of drug-likeness (QED) is 0.246. The summed E-state index contributed by atoms with van der Waals surface area (Å²) < 4.78 is 0. The van der Waals surface area contributed by atoms with Gasteiger partial charge in [-0.05, 0) is 97.0 Å². The van der Waals surface area contributed by atoms with Crippen LogP contribution in [-0.4, -0.2) is 67.2 Å². The first-order chi connectivity index (χ1) is 16.9. The van der Waals surface area contributed by atoms with Crippen molar-refractivity contribution < 1.29 is 0 Å². The summed E-state index contributed by atoms with van der Waals surface area (Å²) in [5.74, 6) is 1.39. The smallest absolute Gasteiger partial charge is 0.129 e. The molecule has 5 nitrogen and oxygen atoms in total. The molecule has 0 radical (unpaired) electrons. The van der Waals surface area contributed by atoms with Gasteiger partial charge in [0.25, 0.3) is 0 Å². The molecule has 3 rings (SSSR count). The van der Waals surface area contributed by atoms with Gasteiger partial charge in [-0.15, -0.1) is 0 Å². The van der Waals surface area contributed by atoms with Gasteiger partial charge in [0.05, 0.1) is 12.3 Å². The maximum atomic E-state index is 9.01. The Morgan fingerprint density at radius 1 is 1.09 bits per heavy atom. The maximum absolute atomic E-state index is 9.01. The molecule has 2 atom stereocenters. The van der Waals surface area contributed by atoms with E-state index in [1.54, 1.807) is 0 Å². The maximum Gasteiger partial charge on any atom is 0.129 e. The van der Waals surface area contributed by atoms with Gasteiger partial charge in [0.2, 0.25) is 0 Å². The molecule has 0 aromatic carbocycles. The monoisotopic (exact) mass is 479 g/mol. The summed E-state index contributed by atoms with van der Waals surface area (Å²) in [6.45, 7) is 16.4. The minimum atomic E-state index is 0.443. The van der Waals surface area contributed by atoms with Crippen molar-refractivity contribution in [3.05, 3.63) is 35.2 Å². The molecule has 2 heterocycles. The summed E-state index contributed by atoms with van der Waals surface area (Å²) in [4.78, 5) is 14.2. The summed E-state index contributed by atoms with van der Waals surface area (Å²) in [5.41, 5.74) is 5.69. The molecule has 1 unspecified atom stereocenters. The topological polar surface area (TPSA) is 55.1 Å². The lowest BCUT2D eigenvalue weighted by atomic mass is 9.78. The fourth-order valence-electron chi connectivity index (χ4n) is 6.11. The molecule has 0 aromatic rings. The third-order valence-electron chi connectivity index (χ3n) is 8.33. The predicted molar refractivity (Wildman–Crippen MR) is 152 cm³/mol. The van der Waals surface area contributed by atoms with E-state index in [9.17, 15) is 0 Å². The van der Waals surface area contributed by atoms with Crippen LogP contribution < -0.4 is 0 Å². The van der Waals surface area contributed by atoms with Gasteiger partial charge < -0.3 is 15.2 Å². The lowest BCUT2D eigenvalue weighted by Gasteiger charge is -2.28. The molecule has 0 amide bonds. The summed E-state index contributed by atoms with van der Waals surface area (Å²) >= 11 is 0. The summed E-state index contributed by atoms with van der Waals surface area (Å²) in [7, 11) is 2.24. The zero-order valence-electron chi connectivity index (χ0n) is 22.7. The first-order valence-corrected chi connectivity index (χ1v) is 14.1. The van der Waals surface area contributed by atoms with E-state index in [-0.39, 0.29) is 0 Å². The molecule has 1 aliphatic carbocycles. The van der Waals surface area contributed by atoms with Crippen LogP contribution in [-0.2, 0) is 0 Å². The minimum absolute atomic E-state index is 0.443. The average molecular weight is 480 g/mol. The van der Waals surface area contributed by atoms with Crippen molar-refractivity contribution >= 4 is 18.1 Å². The van der Waals surface area contributed by atoms with Gasteiger partial charge in [0.15, 0.2) is 0 Å². The van der Waals surface area contributed by atoms with E-state index >= 15 is 0 Å². The van der Waals surface area contributed by atoms with E-state index in [4.69, 9.17) is 10.4 Å². The highest BCUT2D eigenvalue weighted by Gasteiger charge is 2.23. The van der Waals surface area contributed by atoms with Gasteiger partial charge in [-0.3, -0.25) is 4.99 Å². The van der Waals surface area contributed by atoms with E-state index in [1.807, 2.05) is 0 Å². The van der Waals surface area contributed by atoms with Gasteiger partial charge >= 0.3 is 0 Å². The SMILES string of the molecule is C=N/C(=C\C(CCC1CCCN1C)=N/CC(=N)/C(CCC)=C(\C)[C@H]1CCCCC1=C)N1CCCC1. The minimum Gasteiger partial charge on any atom is -0.357 e. The Kier molecular flexibility index (Phi) is 11.0. The molecule has 0 aromatic heterocycles. The molecule has 1 N–H and O–H groups in total. The second-order valence-corrected chi connectivity index (χ2v) is 10.8. The molecule has 0 bridgehead atoms. The van der Waals surface area contributed by atoms with Crippen LogP contribution in [0.4, 0.5) is 0 Å². The molecule has 3 aliphatic rings. The van der Waals surface area contributed by atoms with Gasteiger partial charge in [-0.2, -0.15) is 0 Å². The van der Waals surface area contributed by atoms with E-state index in [1.165, 1.54) is 68.2 Å². The second-order valence-electron chi connectivity index (χ2n) is 10.8. The van der Waals surface area contributed by atoms with Crippen molar-refractivity contribution in [2.45, 2.75) is 96.9 Å². The number of hydrogen-bond acceptors (Lipinski definition) is 5. The molecule has 35 heavy (non-hydrogen) atoms. The van der Waals surface area contributed by atoms with Gasteiger partial charge in [-0.1, -0.05) is 37.5 Å². The normalized spacial score (nSPS) is 25.2. The van der Waals surface area contributed by atoms with Crippen molar-refractivity contribution in [1.82, 2.24) is 9.80 Å². The molecular formula is C30H49N5. The number of allylic oxidation sites excluding steroid dienone is 3. The molecular weight excluding hydrogens is 430 g/mol. The Balaban J connectivity index is 1.80. The summed E-state index contributed by atoms with van der Waals surface area (Å²) in [5, 5.41) is 9.01. The Morgan fingerprint density at radius 2 is 1.86 bits per heavy atom. The molecule has 2 aliphatic heterocycles. The van der Waals surface area contributed by atoms with Crippen LogP contribution in [0.25, 0.3) is 0 Å². The van der Waals surface area contributed by atoms with Crippen molar-refractivity contribution in [2.75, 3.05) is 33.2 Å². The lowest BCUT2D eigenvalue weighted by molar-refractivity contribution is 0.299. The highest BCUT2D eigenvalue weighted by Crippen LogP contribution is 2.35. The van der Waals surface area contributed by atoms with Crippen LogP contribution in [0, 0.1) is 11.3 Å². The number of rotatable bonds is 12. The highest BCUT2D eigenvalue weighted by atomic mass is 15.2. The highest BCUT2D eigenvalue weighted by molar-refractivity contribution is 6.03. The van der Waals surface area contributed by atoms with Gasteiger partial charge in [0.1, 0.15) is 5.82 Å². The first kappa shape index (κ1) is 27.6. The van der Waals surface area contributed by atoms with Crippen LogP contribution in [0.1, 0.15) is 90.9 Å². The van der Waals surface area contributed by atoms with E-state index in [0.717, 1.165) is 56.7 Å². The lowest BCUT2D eigenvalue weighted by Crippen LogP contribution is -2.25. The fraction of sp³-hybridized carbons (Fsp3) is 0.700. The van der Waals surface area contributed by atoms with Crippen molar-refractivity contribution in [2.24, 2.45) is 15.9 Å². The number of nitrogens with one attached hydrogen (secondary N) is 1. The molecule has 2 saturated heterocycles. The Labute approximate surface area is 214 Å². The van der Waals surface area contributed by atoms with Crippen LogP contribution in [0.3, 0.4) is 0 Å². The molecule has 5 heteroatoms. The predicted octanol–water partition coefficient (Wildman–Crippen LogP) is 6.82.